The molecule has 0 amide bonds. The Hall–Kier alpha value is -2.29. The van der Waals surface area contributed by atoms with Crippen molar-refractivity contribution in [2.75, 3.05) is 19.0 Å². The highest BCUT2D eigenvalue weighted by Gasteiger charge is 2.39. The number of anilines is 1. The van der Waals surface area contributed by atoms with E-state index in [1.807, 2.05) is 24.3 Å². The minimum Gasteiger partial charge on any atom is -0.465 e. The molecule has 0 bridgehead atoms. The van der Waals surface area contributed by atoms with Crippen LogP contribution in [0.2, 0.25) is 0 Å². The van der Waals surface area contributed by atoms with E-state index in [1.165, 1.54) is 53.5 Å². The first-order chi connectivity index (χ1) is 13.6. The molecule has 3 heteroatoms. The third kappa shape index (κ3) is 4.05. The number of hydrogen-bond acceptors (Lipinski definition) is 3. The predicted molar refractivity (Wildman–Crippen MR) is 121 cm³/mol. The SMILES string of the molecule is CCNc1c(C)c(Cc2ccc(C(=O)OC)cc2)cc2c1C(C)(C)CCC2(C)C. The van der Waals surface area contributed by atoms with Crippen LogP contribution in [0.3, 0.4) is 0 Å². The molecular weight excluding hydrogens is 358 g/mol. The third-order valence-corrected chi connectivity index (χ3v) is 6.60. The van der Waals surface area contributed by atoms with Crippen LogP contribution in [0.1, 0.15) is 85.6 Å². The molecular formula is C26H35NO2. The highest BCUT2D eigenvalue weighted by Crippen LogP contribution is 2.50. The van der Waals surface area contributed by atoms with Crippen LogP contribution < -0.4 is 5.32 Å². The molecule has 0 atom stereocenters. The molecule has 1 N–H and O–H groups in total. The van der Waals surface area contributed by atoms with E-state index >= 15 is 0 Å². The fourth-order valence-electron chi connectivity index (χ4n) is 4.64. The summed E-state index contributed by atoms with van der Waals surface area (Å²) in [4.78, 5) is 11.7. The topological polar surface area (TPSA) is 38.3 Å². The van der Waals surface area contributed by atoms with Crippen LogP contribution >= 0.6 is 0 Å². The smallest absolute Gasteiger partial charge is 0.337 e. The average Bonchev–Trinajstić information content (AvgIpc) is 2.68. The van der Waals surface area contributed by atoms with E-state index in [0.29, 0.717) is 5.56 Å². The van der Waals surface area contributed by atoms with Gasteiger partial charge in [0.2, 0.25) is 0 Å². The van der Waals surface area contributed by atoms with E-state index in [1.54, 1.807) is 0 Å². The Balaban J connectivity index is 2.08. The molecule has 0 aliphatic heterocycles. The van der Waals surface area contributed by atoms with Crippen molar-refractivity contribution >= 4 is 11.7 Å². The van der Waals surface area contributed by atoms with Gasteiger partial charge in [0.15, 0.2) is 0 Å². The molecule has 3 rings (SSSR count). The zero-order chi connectivity index (χ0) is 21.4. The summed E-state index contributed by atoms with van der Waals surface area (Å²) in [6, 6.07) is 10.2. The Bertz CT molecular complexity index is 907. The molecule has 0 saturated carbocycles. The second-order valence-corrected chi connectivity index (χ2v) is 9.62. The number of nitrogens with one attached hydrogen (secondary N) is 1. The van der Waals surface area contributed by atoms with Crippen molar-refractivity contribution < 1.29 is 9.53 Å². The molecule has 0 fully saturated rings. The van der Waals surface area contributed by atoms with E-state index in [-0.39, 0.29) is 16.8 Å². The van der Waals surface area contributed by atoms with Gasteiger partial charge >= 0.3 is 5.97 Å². The maximum absolute atomic E-state index is 11.7. The van der Waals surface area contributed by atoms with Crippen LogP contribution in [0.15, 0.2) is 30.3 Å². The van der Waals surface area contributed by atoms with Crippen molar-refractivity contribution in [2.24, 2.45) is 0 Å². The van der Waals surface area contributed by atoms with E-state index < -0.39 is 0 Å². The molecule has 29 heavy (non-hydrogen) atoms. The Morgan fingerprint density at radius 3 is 2.28 bits per heavy atom. The van der Waals surface area contributed by atoms with Crippen LogP contribution in [-0.4, -0.2) is 19.6 Å². The van der Waals surface area contributed by atoms with Crippen molar-refractivity contribution in [1.82, 2.24) is 0 Å². The van der Waals surface area contributed by atoms with Crippen LogP contribution in [0.4, 0.5) is 5.69 Å². The van der Waals surface area contributed by atoms with Crippen LogP contribution in [-0.2, 0) is 22.0 Å². The summed E-state index contributed by atoms with van der Waals surface area (Å²) in [5, 5.41) is 3.69. The summed E-state index contributed by atoms with van der Waals surface area (Å²) in [6.07, 6.45) is 3.27. The van der Waals surface area contributed by atoms with Gasteiger partial charge in [-0.15, -0.1) is 0 Å². The molecule has 0 unspecified atom stereocenters. The number of hydrogen-bond donors (Lipinski definition) is 1. The molecule has 1 aliphatic rings. The van der Waals surface area contributed by atoms with Gasteiger partial charge in [-0.25, -0.2) is 4.79 Å². The van der Waals surface area contributed by atoms with Gasteiger partial charge in [0.05, 0.1) is 12.7 Å². The first-order valence-electron chi connectivity index (χ1n) is 10.7. The van der Waals surface area contributed by atoms with Crippen molar-refractivity contribution in [1.29, 1.82) is 0 Å². The molecule has 0 saturated heterocycles. The molecule has 0 heterocycles. The monoisotopic (exact) mass is 393 g/mol. The standard InChI is InChI=1S/C26H35NO2/c1-8-27-23-17(2)20(15-18-9-11-19(12-10-18)24(28)29-7)16-21-22(23)26(5,6)14-13-25(21,3)4/h9-12,16,27H,8,13-15H2,1-7H3. The lowest BCUT2D eigenvalue weighted by Crippen LogP contribution is -2.35. The van der Waals surface area contributed by atoms with Crippen molar-refractivity contribution in [3.63, 3.8) is 0 Å². The fraction of sp³-hybridized carbons (Fsp3) is 0.500. The lowest BCUT2D eigenvalue weighted by molar-refractivity contribution is 0.0600. The second-order valence-electron chi connectivity index (χ2n) is 9.62. The van der Waals surface area contributed by atoms with Gasteiger partial charge in [-0.05, 0) is 83.9 Å². The van der Waals surface area contributed by atoms with Gasteiger partial charge in [-0.1, -0.05) is 45.9 Å². The normalized spacial score (nSPS) is 16.8. The summed E-state index contributed by atoms with van der Waals surface area (Å²) in [6.45, 7) is 14.8. The van der Waals surface area contributed by atoms with Gasteiger partial charge in [0.1, 0.15) is 0 Å². The molecule has 1 aliphatic carbocycles. The van der Waals surface area contributed by atoms with Gasteiger partial charge in [-0.2, -0.15) is 0 Å². The summed E-state index contributed by atoms with van der Waals surface area (Å²) in [5.74, 6) is -0.292. The highest BCUT2D eigenvalue weighted by molar-refractivity contribution is 5.89. The molecule has 2 aromatic carbocycles. The zero-order valence-corrected chi connectivity index (χ0v) is 19.0. The van der Waals surface area contributed by atoms with E-state index in [2.05, 4.69) is 52.9 Å². The second kappa shape index (κ2) is 7.85. The largest absolute Gasteiger partial charge is 0.465 e. The van der Waals surface area contributed by atoms with Crippen LogP contribution in [0.5, 0.6) is 0 Å². The Labute approximate surface area is 175 Å². The summed E-state index contributed by atoms with van der Waals surface area (Å²) in [7, 11) is 1.41. The van der Waals surface area contributed by atoms with E-state index in [9.17, 15) is 4.79 Å². The lowest BCUT2D eigenvalue weighted by Gasteiger charge is -2.44. The van der Waals surface area contributed by atoms with Gasteiger partial charge in [0, 0.05) is 12.2 Å². The first kappa shape index (κ1) is 21.4. The van der Waals surface area contributed by atoms with Gasteiger partial charge in [-0.3, -0.25) is 0 Å². The average molecular weight is 394 g/mol. The predicted octanol–water partition coefficient (Wildman–Crippen LogP) is 6.15. The number of rotatable bonds is 5. The maximum Gasteiger partial charge on any atom is 0.337 e. The quantitative estimate of drug-likeness (QED) is 0.619. The van der Waals surface area contributed by atoms with Gasteiger partial charge < -0.3 is 10.1 Å². The summed E-state index contributed by atoms with van der Waals surface area (Å²) in [5.41, 5.74) is 9.15. The number of ether oxygens (including phenoxy) is 1. The molecule has 0 spiro atoms. The van der Waals surface area contributed by atoms with E-state index in [4.69, 9.17) is 4.74 Å². The number of fused-ring (bicyclic) bond motifs is 1. The van der Waals surface area contributed by atoms with E-state index in [0.717, 1.165) is 13.0 Å². The minimum absolute atomic E-state index is 0.173. The van der Waals surface area contributed by atoms with Crippen molar-refractivity contribution in [3.8, 4) is 0 Å². The lowest BCUT2D eigenvalue weighted by atomic mass is 9.61. The van der Waals surface area contributed by atoms with Crippen molar-refractivity contribution in [3.05, 3.63) is 63.7 Å². The number of carbonyl (C=O) groups is 1. The number of methoxy groups -OCH3 is 1. The summed E-state index contributed by atoms with van der Waals surface area (Å²) < 4.78 is 4.81. The maximum atomic E-state index is 11.7. The zero-order valence-electron chi connectivity index (χ0n) is 19.0. The Morgan fingerprint density at radius 2 is 1.69 bits per heavy atom. The van der Waals surface area contributed by atoms with Gasteiger partial charge in [0.25, 0.3) is 0 Å². The van der Waals surface area contributed by atoms with Crippen LogP contribution in [0, 0.1) is 6.92 Å². The fourth-order valence-corrected chi connectivity index (χ4v) is 4.64. The van der Waals surface area contributed by atoms with Crippen LogP contribution in [0.25, 0.3) is 0 Å². The number of benzene rings is 2. The Kier molecular flexibility index (Phi) is 5.80. The molecule has 156 valence electrons. The summed E-state index contributed by atoms with van der Waals surface area (Å²) >= 11 is 0. The molecule has 3 nitrogen and oxygen atoms in total. The molecule has 2 aromatic rings. The number of esters is 1. The Morgan fingerprint density at radius 1 is 1.07 bits per heavy atom. The third-order valence-electron chi connectivity index (χ3n) is 6.60. The molecule has 0 aromatic heterocycles. The first-order valence-corrected chi connectivity index (χ1v) is 10.7. The highest BCUT2D eigenvalue weighted by atomic mass is 16.5. The number of carbonyl (C=O) groups excluding carboxylic acids is 1. The minimum atomic E-state index is -0.292. The van der Waals surface area contributed by atoms with Crippen molar-refractivity contribution in [2.45, 2.75) is 71.6 Å². The molecule has 0 radical (unpaired) electrons.